The summed E-state index contributed by atoms with van der Waals surface area (Å²) < 4.78 is 40.6. The first-order valence-electron chi connectivity index (χ1n) is 13.4. The van der Waals surface area contributed by atoms with Crippen LogP contribution in [0.4, 0.5) is 0 Å². The Hall–Kier alpha value is -3.17. The summed E-state index contributed by atoms with van der Waals surface area (Å²) in [7, 11) is -3.86. The second-order valence-corrected chi connectivity index (χ2v) is 12.3. The molecule has 1 aliphatic carbocycles. The first-order valence-corrected chi connectivity index (χ1v) is 14.9. The molecule has 202 valence electrons. The standard InChI is InChI=1S/C29H35N3O5S/c1-4-24(32-38(34,35)22-10-8-19(2)9-11-22)28(33)31-30-27-16-20(3)23-17-21-12-15-29(13-6-5-7-14-29)37-25(21)18-26(23)36-27/h8-11,16-18,24,32H,4-7,12-15H2,1-3H3,(H,31,33)/b30-27-/t24-/m0/s1. The van der Waals surface area contributed by atoms with Gasteiger partial charge in [0.25, 0.3) is 5.91 Å². The maximum absolute atomic E-state index is 12.8. The Bertz CT molecular complexity index is 1520. The molecule has 2 heterocycles. The second-order valence-electron chi connectivity index (χ2n) is 10.6. The van der Waals surface area contributed by atoms with E-state index in [-0.39, 0.29) is 22.5 Å². The molecule has 2 aliphatic rings. The summed E-state index contributed by atoms with van der Waals surface area (Å²) in [5.74, 6) is 0.302. The van der Waals surface area contributed by atoms with Gasteiger partial charge in [-0.2, -0.15) is 4.72 Å². The zero-order valence-corrected chi connectivity index (χ0v) is 23.0. The van der Waals surface area contributed by atoms with Gasteiger partial charge in [-0.15, -0.1) is 5.10 Å². The summed E-state index contributed by atoms with van der Waals surface area (Å²) in [6, 6.07) is 11.3. The van der Waals surface area contributed by atoms with Crippen LogP contribution >= 0.6 is 0 Å². The molecule has 0 saturated heterocycles. The number of sulfonamides is 1. The predicted octanol–water partition coefficient (Wildman–Crippen LogP) is 4.77. The van der Waals surface area contributed by atoms with Crippen LogP contribution in [0.25, 0.3) is 11.0 Å². The highest BCUT2D eigenvalue weighted by molar-refractivity contribution is 7.89. The van der Waals surface area contributed by atoms with E-state index < -0.39 is 22.0 Å². The Morgan fingerprint density at radius 2 is 1.79 bits per heavy atom. The normalized spacial score (nSPS) is 18.1. The van der Waals surface area contributed by atoms with Crippen LogP contribution in [0, 0.1) is 13.8 Å². The molecule has 0 radical (unpaired) electrons. The van der Waals surface area contributed by atoms with Crippen molar-refractivity contribution in [1.82, 2.24) is 10.1 Å². The van der Waals surface area contributed by atoms with Gasteiger partial charge in [-0.25, -0.2) is 13.8 Å². The topological polar surface area (TPSA) is 110 Å². The van der Waals surface area contributed by atoms with E-state index in [0.717, 1.165) is 47.9 Å². The average molecular weight is 538 g/mol. The minimum Gasteiger partial charge on any atom is -0.487 e. The number of amides is 1. The van der Waals surface area contributed by atoms with Crippen molar-refractivity contribution >= 4 is 26.9 Å². The summed E-state index contributed by atoms with van der Waals surface area (Å²) in [5, 5.41) is 5.13. The highest BCUT2D eigenvalue weighted by atomic mass is 32.2. The second kappa shape index (κ2) is 10.5. The monoisotopic (exact) mass is 537 g/mol. The minimum atomic E-state index is -3.86. The smallest absolute Gasteiger partial charge is 0.258 e. The van der Waals surface area contributed by atoms with E-state index in [4.69, 9.17) is 9.15 Å². The van der Waals surface area contributed by atoms with Crippen LogP contribution in [-0.2, 0) is 21.2 Å². The zero-order valence-electron chi connectivity index (χ0n) is 22.2. The van der Waals surface area contributed by atoms with Crippen molar-refractivity contribution in [2.75, 3.05) is 0 Å². The molecule has 38 heavy (non-hydrogen) atoms. The SMILES string of the molecule is CC[C@H](NS(=O)(=O)c1ccc(C)cc1)C(=O)N/N=c1/cc(C)c2cc3c(cc2o1)OC1(CCCCC1)CC3. The number of hydrogen-bond acceptors (Lipinski definition) is 6. The lowest BCUT2D eigenvalue weighted by molar-refractivity contribution is -0.122. The third kappa shape index (κ3) is 5.49. The molecular formula is C29H35N3O5S. The Kier molecular flexibility index (Phi) is 7.33. The van der Waals surface area contributed by atoms with Crippen LogP contribution in [0.5, 0.6) is 5.75 Å². The van der Waals surface area contributed by atoms with E-state index in [2.05, 4.69) is 21.3 Å². The molecule has 1 aliphatic heterocycles. The summed E-state index contributed by atoms with van der Waals surface area (Å²) in [6.45, 7) is 5.58. The van der Waals surface area contributed by atoms with E-state index in [1.165, 1.54) is 37.0 Å². The van der Waals surface area contributed by atoms with Crippen molar-refractivity contribution in [1.29, 1.82) is 0 Å². The molecule has 0 bridgehead atoms. The molecular weight excluding hydrogens is 502 g/mol. The number of rotatable bonds is 6. The highest BCUT2D eigenvalue weighted by Crippen LogP contribution is 2.43. The fourth-order valence-corrected chi connectivity index (χ4v) is 6.71. The van der Waals surface area contributed by atoms with E-state index >= 15 is 0 Å². The Labute approximate surface area is 223 Å². The first-order chi connectivity index (χ1) is 18.2. The van der Waals surface area contributed by atoms with Gasteiger partial charge >= 0.3 is 0 Å². The molecule has 2 N–H and O–H groups in total. The molecule has 2 aromatic carbocycles. The van der Waals surface area contributed by atoms with Crippen molar-refractivity contribution in [2.24, 2.45) is 5.10 Å². The van der Waals surface area contributed by atoms with Crippen LogP contribution < -0.4 is 20.4 Å². The van der Waals surface area contributed by atoms with Gasteiger partial charge in [0.1, 0.15) is 23.0 Å². The van der Waals surface area contributed by atoms with Crippen molar-refractivity contribution in [3.8, 4) is 5.75 Å². The molecule has 1 spiro atoms. The van der Waals surface area contributed by atoms with Gasteiger partial charge < -0.3 is 9.15 Å². The van der Waals surface area contributed by atoms with Crippen LogP contribution in [0.2, 0.25) is 0 Å². The molecule has 1 amide bonds. The maximum atomic E-state index is 12.8. The van der Waals surface area contributed by atoms with E-state index in [0.29, 0.717) is 5.58 Å². The number of aryl methyl sites for hydroxylation is 3. The average Bonchev–Trinajstić information content (AvgIpc) is 2.90. The number of carbonyl (C=O) groups is 1. The van der Waals surface area contributed by atoms with Crippen molar-refractivity contribution in [3.05, 3.63) is 64.7 Å². The van der Waals surface area contributed by atoms with Crippen molar-refractivity contribution in [2.45, 2.75) is 88.7 Å². The van der Waals surface area contributed by atoms with E-state index in [1.54, 1.807) is 25.1 Å². The molecule has 1 saturated carbocycles. The third-order valence-corrected chi connectivity index (χ3v) is 9.20. The van der Waals surface area contributed by atoms with Gasteiger partial charge in [0.05, 0.1) is 4.90 Å². The molecule has 1 fully saturated rings. The largest absolute Gasteiger partial charge is 0.487 e. The molecule has 5 rings (SSSR count). The van der Waals surface area contributed by atoms with Gasteiger partial charge in [-0.1, -0.05) is 31.0 Å². The van der Waals surface area contributed by atoms with E-state index in [1.807, 2.05) is 19.9 Å². The van der Waals surface area contributed by atoms with Crippen LogP contribution in [0.1, 0.15) is 68.6 Å². The lowest BCUT2D eigenvalue weighted by Gasteiger charge is -2.41. The predicted molar refractivity (Wildman–Crippen MR) is 145 cm³/mol. The van der Waals surface area contributed by atoms with Gasteiger partial charge in [0, 0.05) is 17.5 Å². The molecule has 1 aromatic heterocycles. The minimum absolute atomic E-state index is 0.0645. The van der Waals surface area contributed by atoms with Gasteiger partial charge in [-0.3, -0.25) is 4.79 Å². The van der Waals surface area contributed by atoms with Gasteiger partial charge in [0.2, 0.25) is 15.6 Å². The number of nitrogens with zero attached hydrogens (tertiary/aromatic N) is 1. The van der Waals surface area contributed by atoms with Crippen LogP contribution in [-0.4, -0.2) is 26.0 Å². The quantitative estimate of drug-likeness (QED) is 0.441. The summed E-state index contributed by atoms with van der Waals surface area (Å²) in [4.78, 5) is 12.9. The Balaban J connectivity index is 1.35. The number of fused-ring (bicyclic) bond motifs is 2. The maximum Gasteiger partial charge on any atom is 0.258 e. The molecule has 8 nitrogen and oxygen atoms in total. The molecule has 1 atom stereocenters. The summed E-state index contributed by atoms with van der Waals surface area (Å²) in [5.41, 5.74) is 6.37. The van der Waals surface area contributed by atoms with Crippen molar-refractivity contribution < 1.29 is 22.4 Å². The molecule has 3 aromatic rings. The fraction of sp³-hybridized carbons (Fsp3) is 0.448. The Morgan fingerprint density at radius 1 is 1.05 bits per heavy atom. The summed E-state index contributed by atoms with van der Waals surface area (Å²) >= 11 is 0. The van der Waals surface area contributed by atoms with Crippen LogP contribution in [0.15, 0.2) is 56.9 Å². The first kappa shape index (κ1) is 26.4. The number of carbonyl (C=O) groups excluding carboxylic acids is 1. The number of nitrogens with one attached hydrogen (secondary N) is 2. The van der Waals surface area contributed by atoms with Gasteiger partial charge in [0.15, 0.2) is 0 Å². The zero-order chi connectivity index (χ0) is 26.9. The fourth-order valence-electron chi connectivity index (χ4n) is 5.43. The van der Waals surface area contributed by atoms with Crippen LogP contribution in [0.3, 0.4) is 0 Å². The lowest BCUT2D eigenvalue weighted by atomic mass is 9.79. The number of benzene rings is 2. The highest BCUT2D eigenvalue weighted by Gasteiger charge is 2.37. The van der Waals surface area contributed by atoms with E-state index in [9.17, 15) is 13.2 Å². The molecule has 0 unspecified atom stereocenters. The molecule has 9 heteroatoms. The Morgan fingerprint density at radius 3 is 2.50 bits per heavy atom. The number of hydrogen-bond donors (Lipinski definition) is 2. The lowest BCUT2D eigenvalue weighted by Crippen LogP contribution is -2.45. The van der Waals surface area contributed by atoms with Crippen molar-refractivity contribution in [3.63, 3.8) is 0 Å². The summed E-state index contributed by atoms with van der Waals surface area (Å²) in [6.07, 6.45) is 8.16. The number of ether oxygens (including phenoxy) is 1. The van der Waals surface area contributed by atoms with Gasteiger partial charge in [-0.05, 0) is 88.1 Å². The third-order valence-electron chi connectivity index (χ3n) is 7.71.